The lowest BCUT2D eigenvalue weighted by atomic mass is 9.98. The standard InChI is InChI=1S/C25H26ClN7O2/c1-16(24(34)32-11-8-27-9-12-32)17-6-7-19(21(13-17)35-2)30-25-29-14-18(26)23(31-25)20-15-28-22-5-3-4-10-33(20)22/h3-7,10,13-16,27H,8-9,11-12H2,1-2H3,(H,29,30,31). The number of carbonyl (C=O) groups is 1. The van der Waals surface area contributed by atoms with Crippen LogP contribution < -0.4 is 15.4 Å². The van der Waals surface area contributed by atoms with E-state index < -0.39 is 0 Å². The first kappa shape index (κ1) is 23.1. The number of pyridine rings is 1. The van der Waals surface area contributed by atoms with Crippen molar-refractivity contribution in [1.29, 1.82) is 0 Å². The third-order valence-electron chi connectivity index (χ3n) is 6.17. The van der Waals surface area contributed by atoms with Crippen LogP contribution in [0.2, 0.25) is 5.02 Å². The van der Waals surface area contributed by atoms with Gasteiger partial charge in [-0.1, -0.05) is 23.7 Å². The molecule has 35 heavy (non-hydrogen) atoms. The highest BCUT2D eigenvalue weighted by Gasteiger charge is 2.24. The number of halogens is 1. The van der Waals surface area contributed by atoms with E-state index in [4.69, 9.17) is 16.3 Å². The molecule has 2 N–H and O–H groups in total. The number of rotatable bonds is 6. The Morgan fingerprint density at radius 1 is 1.17 bits per heavy atom. The second-order valence-electron chi connectivity index (χ2n) is 8.34. The molecule has 1 aliphatic rings. The number of benzene rings is 1. The zero-order valence-electron chi connectivity index (χ0n) is 19.5. The van der Waals surface area contributed by atoms with E-state index in [0.29, 0.717) is 28.1 Å². The summed E-state index contributed by atoms with van der Waals surface area (Å²) in [6, 6.07) is 11.5. The van der Waals surface area contributed by atoms with E-state index in [2.05, 4.69) is 25.6 Å². The monoisotopic (exact) mass is 491 g/mol. The lowest BCUT2D eigenvalue weighted by molar-refractivity contribution is -0.133. The minimum atomic E-state index is -0.274. The van der Waals surface area contributed by atoms with Gasteiger partial charge in [-0.3, -0.25) is 9.20 Å². The average Bonchev–Trinajstić information content (AvgIpc) is 3.33. The van der Waals surface area contributed by atoms with E-state index in [1.54, 1.807) is 19.5 Å². The predicted molar refractivity (Wildman–Crippen MR) is 135 cm³/mol. The molecule has 3 aromatic heterocycles. The van der Waals surface area contributed by atoms with Crippen LogP contribution in [0, 0.1) is 0 Å². The molecule has 5 rings (SSSR count). The van der Waals surface area contributed by atoms with Crippen LogP contribution in [0.25, 0.3) is 17.0 Å². The zero-order valence-corrected chi connectivity index (χ0v) is 20.3. The quantitative estimate of drug-likeness (QED) is 0.424. The molecule has 1 fully saturated rings. The molecule has 0 bridgehead atoms. The van der Waals surface area contributed by atoms with Crippen LogP contribution in [0.5, 0.6) is 5.75 Å². The Labute approximate surface area is 208 Å². The Morgan fingerprint density at radius 3 is 2.80 bits per heavy atom. The van der Waals surface area contributed by atoms with Gasteiger partial charge in [-0.2, -0.15) is 0 Å². The molecule has 1 amide bonds. The predicted octanol–water partition coefficient (Wildman–Crippen LogP) is 3.73. The second kappa shape index (κ2) is 9.89. The van der Waals surface area contributed by atoms with E-state index in [-0.39, 0.29) is 11.8 Å². The molecule has 4 aromatic rings. The van der Waals surface area contributed by atoms with Gasteiger partial charge in [0.15, 0.2) is 0 Å². The summed E-state index contributed by atoms with van der Waals surface area (Å²) >= 11 is 6.44. The van der Waals surface area contributed by atoms with Crippen LogP contribution in [0.1, 0.15) is 18.4 Å². The fourth-order valence-electron chi connectivity index (χ4n) is 4.22. The molecule has 0 radical (unpaired) electrons. The summed E-state index contributed by atoms with van der Waals surface area (Å²) in [5, 5.41) is 6.92. The number of fused-ring (bicyclic) bond motifs is 1. The largest absolute Gasteiger partial charge is 0.495 e. The highest BCUT2D eigenvalue weighted by atomic mass is 35.5. The number of hydrogen-bond donors (Lipinski definition) is 2. The van der Waals surface area contributed by atoms with Gasteiger partial charge in [-0.25, -0.2) is 15.0 Å². The van der Waals surface area contributed by atoms with Crippen LogP contribution in [0.15, 0.2) is 55.0 Å². The van der Waals surface area contributed by atoms with Crippen molar-refractivity contribution in [3.8, 4) is 17.1 Å². The fraction of sp³-hybridized carbons (Fsp3) is 0.280. The van der Waals surface area contributed by atoms with Crippen molar-refractivity contribution in [1.82, 2.24) is 29.6 Å². The van der Waals surface area contributed by atoms with Crippen molar-refractivity contribution >= 4 is 34.8 Å². The fourth-order valence-corrected chi connectivity index (χ4v) is 4.41. The SMILES string of the molecule is COc1cc(C(C)C(=O)N2CCNCC2)ccc1Nc1ncc(Cl)c(-c2cnc3ccccn23)n1. The minimum absolute atomic E-state index is 0.118. The summed E-state index contributed by atoms with van der Waals surface area (Å²) in [4.78, 5) is 28.3. The lowest BCUT2D eigenvalue weighted by Gasteiger charge is -2.30. The third kappa shape index (κ3) is 4.65. The van der Waals surface area contributed by atoms with Gasteiger partial charge in [-0.05, 0) is 36.8 Å². The molecule has 0 saturated carbocycles. The lowest BCUT2D eigenvalue weighted by Crippen LogP contribution is -2.47. The molecule has 1 aromatic carbocycles. The first-order valence-corrected chi connectivity index (χ1v) is 11.8. The van der Waals surface area contributed by atoms with E-state index in [1.165, 1.54) is 0 Å². The molecule has 1 saturated heterocycles. The number of piperazine rings is 1. The number of methoxy groups -OCH3 is 1. The van der Waals surface area contributed by atoms with Gasteiger partial charge in [0.25, 0.3) is 0 Å². The van der Waals surface area contributed by atoms with Crippen molar-refractivity contribution < 1.29 is 9.53 Å². The number of amides is 1. The topological polar surface area (TPSA) is 96.7 Å². The third-order valence-corrected chi connectivity index (χ3v) is 6.45. The molecule has 0 spiro atoms. The number of anilines is 2. The number of nitrogens with zero attached hydrogens (tertiary/aromatic N) is 5. The molecule has 0 aliphatic carbocycles. The van der Waals surface area contributed by atoms with Crippen LogP contribution in [0.3, 0.4) is 0 Å². The minimum Gasteiger partial charge on any atom is -0.495 e. The Morgan fingerprint density at radius 2 is 2.00 bits per heavy atom. The molecular weight excluding hydrogens is 466 g/mol. The summed E-state index contributed by atoms with van der Waals surface area (Å²) < 4.78 is 7.55. The van der Waals surface area contributed by atoms with Crippen molar-refractivity contribution in [2.75, 3.05) is 38.6 Å². The summed E-state index contributed by atoms with van der Waals surface area (Å²) in [5.74, 6) is 0.807. The summed E-state index contributed by atoms with van der Waals surface area (Å²) in [7, 11) is 1.60. The highest BCUT2D eigenvalue weighted by Crippen LogP contribution is 2.33. The van der Waals surface area contributed by atoms with E-state index >= 15 is 0 Å². The van der Waals surface area contributed by atoms with Gasteiger partial charge < -0.3 is 20.3 Å². The van der Waals surface area contributed by atoms with Gasteiger partial charge in [0, 0.05) is 32.4 Å². The Kier molecular flexibility index (Phi) is 6.52. The molecule has 180 valence electrons. The van der Waals surface area contributed by atoms with Crippen molar-refractivity contribution in [2.45, 2.75) is 12.8 Å². The van der Waals surface area contributed by atoms with Crippen molar-refractivity contribution in [3.05, 3.63) is 65.6 Å². The van der Waals surface area contributed by atoms with Gasteiger partial charge in [0.2, 0.25) is 11.9 Å². The van der Waals surface area contributed by atoms with E-state index in [9.17, 15) is 4.79 Å². The van der Waals surface area contributed by atoms with Crippen LogP contribution in [-0.2, 0) is 4.79 Å². The second-order valence-corrected chi connectivity index (χ2v) is 8.75. The highest BCUT2D eigenvalue weighted by molar-refractivity contribution is 6.32. The van der Waals surface area contributed by atoms with Gasteiger partial charge in [-0.15, -0.1) is 0 Å². The summed E-state index contributed by atoms with van der Waals surface area (Å²) in [6.45, 7) is 5.02. The van der Waals surface area contributed by atoms with Crippen molar-refractivity contribution in [3.63, 3.8) is 0 Å². The van der Waals surface area contributed by atoms with E-state index in [0.717, 1.165) is 43.1 Å². The maximum absolute atomic E-state index is 13.0. The molecule has 1 aliphatic heterocycles. The van der Waals surface area contributed by atoms with Gasteiger partial charge in [0.05, 0.1) is 41.8 Å². The van der Waals surface area contributed by atoms with Crippen LogP contribution in [-0.4, -0.2) is 63.4 Å². The zero-order chi connectivity index (χ0) is 24.4. The number of imidazole rings is 1. The Balaban J connectivity index is 1.40. The molecule has 10 heteroatoms. The van der Waals surface area contributed by atoms with E-state index in [1.807, 2.05) is 58.8 Å². The summed E-state index contributed by atoms with van der Waals surface area (Å²) in [6.07, 6.45) is 5.21. The van der Waals surface area contributed by atoms with Gasteiger partial charge >= 0.3 is 0 Å². The number of ether oxygens (including phenoxy) is 1. The number of nitrogens with one attached hydrogen (secondary N) is 2. The van der Waals surface area contributed by atoms with Crippen LogP contribution >= 0.6 is 11.6 Å². The number of aromatic nitrogens is 4. The Bertz CT molecular complexity index is 1370. The molecule has 9 nitrogen and oxygen atoms in total. The average molecular weight is 492 g/mol. The first-order valence-electron chi connectivity index (χ1n) is 11.4. The van der Waals surface area contributed by atoms with Gasteiger partial charge in [0.1, 0.15) is 17.1 Å². The van der Waals surface area contributed by atoms with Crippen molar-refractivity contribution in [2.24, 2.45) is 0 Å². The molecule has 4 heterocycles. The summed E-state index contributed by atoms with van der Waals surface area (Å²) in [5.41, 5.74) is 3.70. The maximum Gasteiger partial charge on any atom is 0.229 e. The van der Waals surface area contributed by atoms with Crippen LogP contribution in [0.4, 0.5) is 11.6 Å². The molecule has 1 unspecified atom stereocenters. The molecule has 1 atom stereocenters. The number of hydrogen-bond acceptors (Lipinski definition) is 7. The maximum atomic E-state index is 13.0. The molecular formula is C25H26ClN7O2. The first-order chi connectivity index (χ1) is 17.0. The normalized spacial score (nSPS) is 14.7. The Hall–Kier alpha value is -3.69. The smallest absolute Gasteiger partial charge is 0.229 e. The number of carbonyl (C=O) groups excluding carboxylic acids is 1.